The summed E-state index contributed by atoms with van der Waals surface area (Å²) in [4.78, 5) is 0. The van der Waals surface area contributed by atoms with Gasteiger partial charge < -0.3 is 0 Å². The number of hydrogen-bond donors (Lipinski definition) is 0. The lowest BCUT2D eigenvalue weighted by molar-refractivity contribution is 0.160. The van der Waals surface area contributed by atoms with Gasteiger partial charge in [-0.15, -0.1) is 0 Å². The van der Waals surface area contributed by atoms with E-state index in [0.29, 0.717) is 5.92 Å². The second-order valence-electron chi connectivity index (χ2n) is 7.90. The molecule has 1 aromatic carbocycles. The lowest BCUT2D eigenvalue weighted by Gasteiger charge is -2.36. The molecule has 0 saturated heterocycles. The molecule has 0 unspecified atom stereocenters. The van der Waals surface area contributed by atoms with Crippen LogP contribution in [0.2, 0.25) is 0 Å². The Hall–Kier alpha value is -1.07. The number of nitriles is 1. The SMILES string of the molecule is CC.CC1CCC(C2CCC(/C=C/c3cc(Br)ccc3C#N)CC2)CC1. The van der Waals surface area contributed by atoms with E-state index in [9.17, 15) is 5.26 Å². The van der Waals surface area contributed by atoms with Crippen LogP contribution in [0.5, 0.6) is 0 Å². The van der Waals surface area contributed by atoms with Crippen molar-refractivity contribution in [2.24, 2.45) is 23.7 Å². The average molecular weight is 416 g/mol. The van der Waals surface area contributed by atoms with Gasteiger partial charge in [0.1, 0.15) is 0 Å². The van der Waals surface area contributed by atoms with E-state index >= 15 is 0 Å². The van der Waals surface area contributed by atoms with Crippen LogP contribution < -0.4 is 0 Å². The smallest absolute Gasteiger partial charge is 0.0997 e. The van der Waals surface area contributed by atoms with Gasteiger partial charge in [-0.1, -0.05) is 61.7 Å². The minimum absolute atomic E-state index is 0.689. The van der Waals surface area contributed by atoms with Crippen LogP contribution in [0.25, 0.3) is 6.08 Å². The molecule has 2 fully saturated rings. The molecule has 3 rings (SSSR count). The molecule has 2 saturated carbocycles. The van der Waals surface area contributed by atoms with Crippen molar-refractivity contribution in [1.29, 1.82) is 5.26 Å². The Morgan fingerprint density at radius 3 is 2.12 bits per heavy atom. The standard InChI is InChI=1S/C22H28BrN.C2H6/c1-16-2-7-18(8-3-16)19-9-4-17(5-10-19)6-11-20-14-22(23)13-12-21(20)15-24;1-2/h6,11-14,16-19H,2-5,7-10H2,1H3;1-2H3/b11-6+;. The van der Waals surface area contributed by atoms with Gasteiger partial charge in [-0.25, -0.2) is 0 Å². The number of benzene rings is 1. The van der Waals surface area contributed by atoms with Gasteiger partial charge in [-0.05, 0) is 86.0 Å². The Kier molecular flexibility index (Phi) is 8.93. The number of halogens is 1. The molecule has 0 heterocycles. The largest absolute Gasteiger partial charge is 0.192 e. The van der Waals surface area contributed by atoms with Crippen LogP contribution >= 0.6 is 15.9 Å². The Morgan fingerprint density at radius 1 is 0.962 bits per heavy atom. The molecule has 0 amide bonds. The predicted molar refractivity (Wildman–Crippen MR) is 116 cm³/mol. The molecule has 0 aliphatic heterocycles. The van der Waals surface area contributed by atoms with E-state index in [0.717, 1.165) is 33.4 Å². The summed E-state index contributed by atoms with van der Waals surface area (Å²) in [6.45, 7) is 6.41. The Balaban J connectivity index is 0.00000117. The molecule has 1 aromatic rings. The zero-order valence-corrected chi connectivity index (χ0v) is 18.3. The number of allylic oxidation sites excluding steroid dienone is 1. The van der Waals surface area contributed by atoms with Crippen molar-refractivity contribution in [3.63, 3.8) is 0 Å². The van der Waals surface area contributed by atoms with Gasteiger partial charge in [-0.3, -0.25) is 0 Å². The fourth-order valence-electron chi connectivity index (χ4n) is 4.58. The highest BCUT2D eigenvalue weighted by Gasteiger charge is 2.29. The molecule has 142 valence electrons. The van der Waals surface area contributed by atoms with Gasteiger partial charge >= 0.3 is 0 Å². The number of nitrogens with zero attached hydrogens (tertiary/aromatic N) is 1. The molecule has 0 bridgehead atoms. The minimum atomic E-state index is 0.689. The van der Waals surface area contributed by atoms with Gasteiger partial charge in [-0.2, -0.15) is 5.26 Å². The van der Waals surface area contributed by atoms with Crippen LogP contribution in [-0.4, -0.2) is 0 Å². The molecule has 2 aliphatic rings. The van der Waals surface area contributed by atoms with Gasteiger partial charge in [0.25, 0.3) is 0 Å². The highest BCUT2D eigenvalue weighted by atomic mass is 79.9. The first-order valence-corrected chi connectivity index (χ1v) is 11.3. The molecule has 1 nitrogen and oxygen atoms in total. The fourth-order valence-corrected chi connectivity index (χ4v) is 4.96. The van der Waals surface area contributed by atoms with Crippen LogP contribution in [0.3, 0.4) is 0 Å². The van der Waals surface area contributed by atoms with E-state index in [-0.39, 0.29) is 0 Å². The monoisotopic (exact) mass is 415 g/mol. The van der Waals surface area contributed by atoms with Crippen LogP contribution in [0.15, 0.2) is 28.7 Å². The maximum Gasteiger partial charge on any atom is 0.0997 e. The molecule has 0 aromatic heterocycles. The van der Waals surface area contributed by atoms with Crippen molar-refractivity contribution in [1.82, 2.24) is 0 Å². The molecule has 0 atom stereocenters. The van der Waals surface area contributed by atoms with E-state index in [1.54, 1.807) is 0 Å². The highest BCUT2D eigenvalue weighted by molar-refractivity contribution is 9.10. The summed E-state index contributed by atoms with van der Waals surface area (Å²) in [6.07, 6.45) is 15.8. The summed E-state index contributed by atoms with van der Waals surface area (Å²) >= 11 is 3.50. The predicted octanol–water partition coefficient (Wildman–Crippen LogP) is 7.99. The summed E-state index contributed by atoms with van der Waals surface area (Å²) in [5.74, 6) is 3.62. The van der Waals surface area contributed by atoms with Crippen LogP contribution in [0.1, 0.15) is 83.3 Å². The third-order valence-corrected chi connectivity index (χ3v) is 6.72. The zero-order chi connectivity index (χ0) is 18.9. The second-order valence-corrected chi connectivity index (χ2v) is 8.81. The van der Waals surface area contributed by atoms with E-state index in [4.69, 9.17) is 0 Å². The van der Waals surface area contributed by atoms with E-state index < -0.39 is 0 Å². The van der Waals surface area contributed by atoms with Crippen molar-refractivity contribution in [2.75, 3.05) is 0 Å². The first kappa shape index (κ1) is 21.2. The maximum absolute atomic E-state index is 9.24. The summed E-state index contributed by atoms with van der Waals surface area (Å²) in [5, 5.41) is 9.24. The second kappa shape index (κ2) is 10.9. The topological polar surface area (TPSA) is 23.8 Å². The number of rotatable bonds is 3. The van der Waals surface area contributed by atoms with E-state index in [1.165, 1.54) is 51.4 Å². The molecular weight excluding hydrogens is 382 g/mol. The van der Waals surface area contributed by atoms with Crippen molar-refractivity contribution in [3.05, 3.63) is 39.9 Å². The normalized spacial score (nSPS) is 28.9. The average Bonchev–Trinajstić information content (AvgIpc) is 2.69. The third-order valence-electron chi connectivity index (χ3n) is 6.23. The van der Waals surface area contributed by atoms with Gasteiger partial charge in [0.15, 0.2) is 0 Å². The molecule has 26 heavy (non-hydrogen) atoms. The van der Waals surface area contributed by atoms with Crippen LogP contribution in [-0.2, 0) is 0 Å². The minimum Gasteiger partial charge on any atom is -0.192 e. The molecule has 0 radical (unpaired) electrons. The third kappa shape index (κ3) is 5.98. The Bertz CT molecular complexity index is 612. The molecular formula is C24H34BrN. The molecule has 0 N–H and O–H groups in total. The molecule has 2 heteroatoms. The first-order chi connectivity index (χ1) is 12.7. The Labute approximate surface area is 169 Å². The van der Waals surface area contributed by atoms with Crippen LogP contribution in [0, 0.1) is 35.0 Å². The molecule has 2 aliphatic carbocycles. The summed E-state index contributed by atoms with van der Waals surface area (Å²) in [6, 6.07) is 8.17. The molecule has 0 spiro atoms. The highest BCUT2D eigenvalue weighted by Crippen LogP contribution is 2.41. The van der Waals surface area contributed by atoms with Gasteiger partial charge in [0, 0.05) is 4.47 Å². The van der Waals surface area contributed by atoms with Crippen molar-refractivity contribution in [3.8, 4) is 6.07 Å². The summed E-state index contributed by atoms with van der Waals surface area (Å²) in [7, 11) is 0. The lowest BCUT2D eigenvalue weighted by Crippen LogP contribution is -2.24. The summed E-state index contributed by atoms with van der Waals surface area (Å²) < 4.78 is 1.04. The van der Waals surface area contributed by atoms with Crippen molar-refractivity contribution < 1.29 is 0 Å². The quantitative estimate of drug-likeness (QED) is 0.490. The zero-order valence-electron chi connectivity index (χ0n) is 16.7. The Morgan fingerprint density at radius 2 is 1.54 bits per heavy atom. The van der Waals surface area contributed by atoms with E-state index in [1.807, 2.05) is 32.0 Å². The first-order valence-electron chi connectivity index (χ1n) is 10.5. The number of hydrogen-bond acceptors (Lipinski definition) is 1. The maximum atomic E-state index is 9.24. The van der Waals surface area contributed by atoms with E-state index in [2.05, 4.69) is 41.1 Å². The fraction of sp³-hybridized carbons (Fsp3) is 0.625. The lowest BCUT2D eigenvalue weighted by atomic mass is 9.69. The summed E-state index contributed by atoms with van der Waals surface area (Å²) in [5.41, 5.74) is 1.80. The van der Waals surface area contributed by atoms with Gasteiger partial charge in [0.05, 0.1) is 11.6 Å². The van der Waals surface area contributed by atoms with Crippen molar-refractivity contribution in [2.45, 2.75) is 72.1 Å². The van der Waals surface area contributed by atoms with Gasteiger partial charge in [0.2, 0.25) is 0 Å². The van der Waals surface area contributed by atoms with Crippen molar-refractivity contribution >= 4 is 22.0 Å². The van der Waals surface area contributed by atoms with Crippen LogP contribution in [0.4, 0.5) is 0 Å².